The quantitative estimate of drug-likeness (QED) is 0.519. The van der Waals surface area contributed by atoms with E-state index < -0.39 is 18.5 Å². The molecule has 2 aromatic carbocycles. The maximum Gasteiger partial charge on any atom is 0.338 e. The molecule has 7 nitrogen and oxygen atoms in total. The van der Waals surface area contributed by atoms with Gasteiger partial charge >= 0.3 is 5.97 Å². The lowest BCUT2D eigenvalue weighted by molar-refractivity contribution is -0.122. The van der Waals surface area contributed by atoms with E-state index in [0.717, 1.165) is 6.42 Å². The molecule has 1 heterocycles. The fourth-order valence-corrected chi connectivity index (χ4v) is 4.73. The van der Waals surface area contributed by atoms with Crippen LogP contribution in [0.25, 0.3) is 0 Å². The molecule has 172 valence electrons. The Morgan fingerprint density at radius 3 is 2.61 bits per heavy atom. The molecule has 3 amide bonds. The van der Waals surface area contributed by atoms with Crippen molar-refractivity contribution in [1.82, 2.24) is 0 Å². The van der Waals surface area contributed by atoms with Crippen molar-refractivity contribution in [1.29, 1.82) is 0 Å². The smallest absolute Gasteiger partial charge is 0.338 e. The van der Waals surface area contributed by atoms with E-state index in [0.29, 0.717) is 40.7 Å². The average Bonchev–Trinajstić information content (AvgIpc) is 3.04. The number of rotatable bonds is 5. The number of halogens is 1. The standard InChI is InChI=1S/C25H25ClN2O5/c1-14-9-10-18-19(11-14)24(31)28(23(18)30)17-6-3-5-16(12-17)25(32)33-13-22(29)27-21-8-4-7-20(26)15(21)2/h3-8,12,14,18-19H,9-11,13H2,1-2H3,(H,27,29)/t14-,18-,19+/m1/s1. The van der Waals surface area contributed by atoms with Gasteiger partial charge in [-0.05, 0) is 68.0 Å². The van der Waals surface area contributed by atoms with Crippen LogP contribution in [0.15, 0.2) is 42.5 Å². The Labute approximate surface area is 197 Å². The van der Waals surface area contributed by atoms with Crippen LogP contribution in [0.5, 0.6) is 0 Å². The summed E-state index contributed by atoms with van der Waals surface area (Å²) in [6, 6.07) is 11.3. The summed E-state index contributed by atoms with van der Waals surface area (Å²) in [5, 5.41) is 3.18. The molecule has 0 unspecified atom stereocenters. The molecule has 3 atom stereocenters. The Morgan fingerprint density at radius 2 is 1.82 bits per heavy atom. The molecular weight excluding hydrogens is 444 g/mol. The predicted octanol–water partition coefficient (Wildman–Crippen LogP) is 4.37. The van der Waals surface area contributed by atoms with E-state index in [1.807, 2.05) is 0 Å². The van der Waals surface area contributed by atoms with Crippen LogP contribution in [0.2, 0.25) is 5.02 Å². The Morgan fingerprint density at radius 1 is 1.09 bits per heavy atom. The molecule has 0 bridgehead atoms. The first-order valence-corrected chi connectivity index (χ1v) is 11.3. The number of hydrogen-bond donors (Lipinski definition) is 1. The lowest BCUT2D eigenvalue weighted by Crippen LogP contribution is -2.31. The van der Waals surface area contributed by atoms with Crippen LogP contribution in [-0.2, 0) is 19.1 Å². The second-order valence-corrected chi connectivity index (χ2v) is 9.14. The molecule has 2 aliphatic rings. The van der Waals surface area contributed by atoms with Crippen LogP contribution in [0.4, 0.5) is 11.4 Å². The highest BCUT2D eigenvalue weighted by molar-refractivity contribution is 6.31. The first-order chi connectivity index (χ1) is 15.8. The van der Waals surface area contributed by atoms with Gasteiger partial charge in [-0.3, -0.25) is 19.3 Å². The number of anilines is 2. The van der Waals surface area contributed by atoms with Gasteiger partial charge in [0.05, 0.1) is 23.1 Å². The SMILES string of the molecule is Cc1c(Cl)cccc1NC(=O)COC(=O)c1cccc(N2C(=O)[C@H]3C[C@H](C)CC[C@H]3C2=O)c1. The summed E-state index contributed by atoms with van der Waals surface area (Å²) in [5.41, 5.74) is 1.75. The number of benzene rings is 2. The van der Waals surface area contributed by atoms with Crippen molar-refractivity contribution >= 4 is 46.7 Å². The minimum atomic E-state index is -0.722. The lowest BCUT2D eigenvalue weighted by atomic mass is 9.76. The minimum Gasteiger partial charge on any atom is -0.452 e. The van der Waals surface area contributed by atoms with Crippen molar-refractivity contribution in [3.8, 4) is 0 Å². The van der Waals surface area contributed by atoms with Gasteiger partial charge in [-0.2, -0.15) is 0 Å². The molecule has 2 aromatic rings. The van der Waals surface area contributed by atoms with E-state index in [4.69, 9.17) is 16.3 Å². The van der Waals surface area contributed by atoms with Crippen molar-refractivity contribution < 1.29 is 23.9 Å². The highest BCUT2D eigenvalue weighted by atomic mass is 35.5. The summed E-state index contributed by atoms with van der Waals surface area (Å²) in [5.74, 6) is -1.82. The molecule has 33 heavy (non-hydrogen) atoms. The van der Waals surface area contributed by atoms with Gasteiger partial charge in [-0.15, -0.1) is 0 Å². The van der Waals surface area contributed by atoms with Crippen molar-refractivity contribution in [3.05, 3.63) is 58.6 Å². The van der Waals surface area contributed by atoms with E-state index in [2.05, 4.69) is 12.2 Å². The van der Waals surface area contributed by atoms with Crippen LogP contribution in [0.3, 0.4) is 0 Å². The molecule has 4 rings (SSSR count). The van der Waals surface area contributed by atoms with Gasteiger partial charge in [0.1, 0.15) is 0 Å². The highest BCUT2D eigenvalue weighted by Gasteiger charge is 2.50. The van der Waals surface area contributed by atoms with Crippen molar-refractivity contribution in [2.45, 2.75) is 33.1 Å². The Bertz CT molecular complexity index is 1130. The van der Waals surface area contributed by atoms with Crippen LogP contribution in [0.1, 0.15) is 42.1 Å². The normalized spacial score (nSPS) is 22.2. The third kappa shape index (κ3) is 4.64. The lowest BCUT2D eigenvalue weighted by Gasteiger charge is -2.25. The summed E-state index contributed by atoms with van der Waals surface area (Å²) in [6.07, 6.45) is 2.34. The average molecular weight is 469 g/mol. The van der Waals surface area contributed by atoms with Gasteiger partial charge in [-0.1, -0.05) is 30.7 Å². The number of hydrogen-bond acceptors (Lipinski definition) is 5. The molecule has 0 aromatic heterocycles. The molecule has 1 aliphatic carbocycles. The van der Waals surface area contributed by atoms with Crippen molar-refractivity contribution in [3.63, 3.8) is 0 Å². The second kappa shape index (κ2) is 9.35. The van der Waals surface area contributed by atoms with Crippen LogP contribution < -0.4 is 10.2 Å². The number of fused-ring (bicyclic) bond motifs is 1. The van der Waals surface area contributed by atoms with E-state index in [1.54, 1.807) is 37.3 Å². The van der Waals surface area contributed by atoms with Gasteiger partial charge < -0.3 is 10.1 Å². The molecule has 1 N–H and O–H groups in total. The molecular formula is C25H25ClN2O5. The molecule has 0 spiro atoms. The number of carbonyl (C=O) groups excluding carboxylic acids is 4. The highest BCUT2D eigenvalue weighted by Crippen LogP contribution is 2.42. The molecule has 1 saturated heterocycles. The van der Waals surface area contributed by atoms with Crippen molar-refractivity contribution in [2.24, 2.45) is 17.8 Å². The largest absolute Gasteiger partial charge is 0.452 e. The number of esters is 1. The predicted molar refractivity (Wildman–Crippen MR) is 124 cm³/mol. The number of ether oxygens (including phenoxy) is 1. The number of nitrogens with zero attached hydrogens (tertiary/aromatic N) is 1. The van der Waals surface area contributed by atoms with Crippen LogP contribution in [0, 0.1) is 24.7 Å². The van der Waals surface area contributed by atoms with E-state index in [9.17, 15) is 19.2 Å². The van der Waals surface area contributed by atoms with Crippen LogP contribution >= 0.6 is 11.6 Å². The van der Waals surface area contributed by atoms with Gasteiger partial charge in [0.2, 0.25) is 11.8 Å². The van der Waals surface area contributed by atoms with Gasteiger partial charge in [-0.25, -0.2) is 4.79 Å². The zero-order valence-corrected chi connectivity index (χ0v) is 19.2. The third-order valence-corrected chi connectivity index (χ3v) is 6.81. The topological polar surface area (TPSA) is 92.8 Å². The molecule has 8 heteroatoms. The number of carbonyl (C=O) groups is 4. The summed E-state index contributed by atoms with van der Waals surface area (Å²) in [7, 11) is 0. The summed E-state index contributed by atoms with van der Waals surface area (Å²) >= 11 is 6.05. The third-order valence-electron chi connectivity index (χ3n) is 6.40. The Hall–Kier alpha value is -3.19. The van der Waals surface area contributed by atoms with Crippen molar-refractivity contribution in [2.75, 3.05) is 16.8 Å². The van der Waals surface area contributed by atoms with E-state index in [1.165, 1.54) is 17.0 Å². The fraction of sp³-hybridized carbons (Fsp3) is 0.360. The maximum absolute atomic E-state index is 12.9. The van der Waals surface area contributed by atoms with E-state index >= 15 is 0 Å². The molecule has 2 fully saturated rings. The second-order valence-electron chi connectivity index (χ2n) is 8.73. The number of imide groups is 1. The molecule has 1 aliphatic heterocycles. The maximum atomic E-state index is 12.9. The summed E-state index contributed by atoms with van der Waals surface area (Å²) in [4.78, 5) is 51.8. The van der Waals surface area contributed by atoms with E-state index in [-0.39, 0.29) is 29.2 Å². The Balaban J connectivity index is 1.42. The van der Waals surface area contributed by atoms with Crippen LogP contribution in [-0.4, -0.2) is 30.3 Å². The minimum absolute atomic E-state index is 0.156. The molecule has 1 saturated carbocycles. The number of nitrogens with one attached hydrogen (secondary N) is 1. The monoisotopic (exact) mass is 468 g/mol. The summed E-state index contributed by atoms with van der Waals surface area (Å²) < 4.78 is 5.14. The Kier molecular flexibility index (Phi) is 6.51. The fourth-order valence-electron chi connectivity index (χ4n) is 4.56. The van der Waals surface area contributed by atoms with Gasteiger partial charge in [0.25, 0.3) is 5.91 Å². The molecule has 0 radical (unpaired) electrons. The van der Waals surface area contributed by atoms with Gasteiger partial charge in [0, 0.05) is 10.7 Å². The zero-order chi connectivity index (χ0) is 23.7. The number of amides is 3. The van der Waals surface area contributed by atoms with Gasteiger partial charge in [0.15, 0.2) is 6.61 Å². The zero-order valence-electron chi connectivity index (χ0n) is 18.5. The first kappa shape index (κ1) is 23.0. The summed E-state index contributed by atoms with van der Waals surface area (Å²) in [6.45, 7) is 3.38. The first-order valence-electron chi connectivity index (χ1n) is 11.0.